The Morgan fingerprint density at radius 3 is 1.59 bits per heavy atom. The molecule has 1 saturated carbocycles. The Morgan fingerprint density at radius 2 is 1.19 bits per heavy atom. The number of nitrogens with one attached hydrogen (secondary N) is 3. The zero-order valence-corrected chi connectivity index (χ0v) is 15.1. The number of carbonyl (C=O) groups excluding carboxylic acids is 3. The van der Waals surface area contributed by atoms with Gasteiger partial charge in [-0.3, -0.25) is 14.4 Å². The van der Waals surface area contributed by atoms with Gasteiger partial charge in [0.05, 0.1) is 18.9 Å². The van der Waals surface area contributed by atoms with Crippen LogP contribution in [0.1, 0.15) is 13.3 Å². The summed E-state index contributed by atoms with van der Waals surface area (Å²) in [5, 5.41) is 8.28. The van der Waals surface area contributed by atoms with Gasteiger partial charge in [-0.2, -0.15) is 0 Å². The molecule has 7 heteroatoms. The van der Waals surface area contributed by atoms with Gasteiger partial charge >= 0.3 is 0 Å². The van der Waals surface area contributed by atoms with Gasteiger partial charge in [0, 0.05) is 24.0 Å². The maximum atomic E-state index is 12.3. The summed E-state index contributed by atoms with van der Waals surface area (Å²) in [7, 11) is 1.58. The Kier molecular flexibility index (Phi) is 5.40. The van der Waals surface area contributed by atoms with Crippen molar-refractivity contribution in [3.05, 3.63) is 48.5 Å². The van der Waals surface area contributed by atoms with Crippen molar-refractivity contribution in [3.8, 4) is 5.75 Å². The van der Waals surface area contributed by atoms with E-state index in [1.54, 1.807) is 55.6 Å². The van der Waals surface area contributed by atoms with E-state index in [9.17, 15) is 14.4 Å². The van der Waals surface area contributed by atoms with Crippen molar-refractivity contribution in [2.75, 3.05) is 23.1 Å². The summed E-state index contributed by atoms with van der Waals surface area (Å²) in [6, 6.07) is 13.9. The summed E-state index contributed by atoms with van der Waals surface area (Å²) >= 11 is 0. The van der Waals surface area contributed by atoms with Gasteiger partial charge in [0.25, 0.3) is 0 Å². The van der Waals surface area contributed by atoms with E-state index in [0.29, 0.717) is 29.2 Å². The van der Waals surface area contributed by atoms with Crippen LogP contribution in [0.2, 0.25) is 0 Å². The van der Waals surface area contributed by atoms with E-state index < -0.39 is 0 Å². The number of amides is 3. The number of hydrogen-bond acceptors (Lipinski definition) is 4. The molecule has 3 N–H and O–H groups in total. The second-order valence-electron chi connectivity index (χ2n) is 6.41. The van der Waals surface area contributed by atoms with Crippen LogP contribution in [0.5, 0.6) is 5.75 Å². The molecule has 7 nitrogen and oxygen atoms in total. The number of anilines is 3. The van der Waals surface area contributed by atoms with Crippen LogP contribution >= 0.6 is 0 Å². The Balaban J connectivity index is 1.50. The molecule has 2 atom stereocenters. The van der Waals surface area contributed by atoms with Crippen LogP contribution in [0.15, 0.2) is 48.5 Å². The molecule has 0 saturated heterocycles. The van der Waals surface area contributed by atoms with Gasteiger partial charge in [-0.15, -0.1) is 0 Å². The van der Waals surface area contributed by atoms with E-state index in [0.717, 1.165) is 0 Å². The monoisotopic (exact) mass is 367 g/mol. The molecule has 3 rings (SSSR count). The Bertz CT molecular complexity index is 847. The van der Waals surface area contributed by atoms with E-state index in [2.05, 4.69) is 16.0 Å². The number of benzene rings is 2. The van der Waals surface area contributed by atoms with Gasteiger partial charge < -0.3 is 20.7 Å². The highest BCUT2D eigenvalue weighted by Crippen LogP contribution is 2.40. The largest absolute Gasteiger partial charge is 0.497 e. The van der Waals surface area contributed by atoms with Gasteiger partial charge in [-0.05, 0) is 55.0 Å². The topological polar surface area (TPSA) is 96.5 Å². The standard InChI is InChI=1S/C20H21N3O4/c1-12(24)21-13-3-5-14(6-4-13)22-19(25)17-11-18(17)20(26)23-15-7-9-16(27-2)10-8-15/h3-10,17-18H,11H2,1-2H3,(H,21,24)(H,22,25)(H,23,26). The molecule has 2 aromatic carbocycles. The maximum Gasteiger partial charge on any atom is 0.228 e. The van der Waals surface area contributed by atoms with Crippen molar-refractivity contribution in [3.63, 3.8) is 0 Å². The molecule has 0 bridgehead atoms. The third-order valence-corrected chi connectivity index (χ3v) is 4.29. The summed E-state index contributed by atoms with van der Waals surface area (Å²) in [4.78, 5) is 35.6. The Labute approximate surface area is 157 Å². The lowest BCUT2D eigenvalue weighted by atomic mass is 10.2. The van der Waals surface area contributed by atoms with Gasteiger partial charge in [-0.25, -0.2) is 0 Å². The van der Waals surface area contributed by atoms with Gasteiger partial charge in [-0.1, -0.05) is 0 Å². The molecule has 0 aromatic heterocycles. The van der Waals surface area contributed by atoms with E-state index in [1.807, 2.05) is 0 Å². The highest BCUT2D eigenvalue weighted by atomic mass is 16.5. The lowest BCUT2D eigenvalue weighted by Crippen LogP contribution is -2.20. The minimum atomic E-state index is -0.335. The number of carbonyl (C=O) groups is 3. The fourth-order valence-corrected chi connectivity index (χ4v) is 2.76. The van der Waals surface area contributed by atoms with Crippen LogP contribution in [-0.4, -0.2) is 24.8 Å². The number of hydrogen-bond donors (Lipinski definition) is 3. The molecule has 2 aromatic rings. The van der Waals surface area contributed by atoms with E-state index >= 15 is 0 Å². The molecular weight excluding hydrogens is 346 g/mol. The van der Waals surface area contributed by atoms with Crippen molar-refractivity contribution in [1.82, 2.24) is 0 Å². The summed E-state index contributed by atoms with van der Waals surface area (Å²) < 4.78 is 5.08. The third-order valence-electron chi connectivity index (χ3n) is 4.29. The molecule has 2 unspecified atom stereocenters. The predicted octanol–water partition coefficient (Wildman–Crippen LogP) is 2.87. The van der Waals surface area contributed by atoms with E-state index in [4.69, 9.17) is 4.74 Å². The first-order chi connectivity index (χ1) is 13.0. The molecule has 1 aliphatic carbocycles. The molecule has 1 fully saturated rings. The lowest BCUT2D eigenvalue weighted by molar-refractivity contribution is -0.122. The SMILES string of the molecule is COc1ccc(NC(=O)C2CC2C(=O)Nc2ccc(NC(C)=O)cc2)cc1. The van der Waals surface area contributed by atoms with E-state index in [-0.39, 0.29) is 29.6 Å². The smallest absolute Gasteiger partial charge is 0.228 e. The van der Waals surface area contributed by atoms with Gasteiger partial charge in [0.15, 0.2) is 0 Å². The minimum absolute atomic E-state index is 0.157. The summed E-state index contributed by atoms with van der Waals surface area (Å²) in [6.07, 6.45) is 0.526. The molecule has 3 amide bonds. The predicted molar refractivity (Wildman–Crippen MR) is 103 cm³/mol. The zero-order chi connectivity index (χ0) is 19.4. The van der Waals surface area contributed by atoms with Crippen LogP contribution < -0.4 is 20.7 Å². The van der Waals surface area contributed by atoms with Gasteiger partial charge in [0.1, 0.15) is 5.75 Å². The second-order valence-corrected chi connectivity index (χ2v) is 6.41. The first-order valence-corrected chi connectivity index (χ1v) is 8.59. The number of ether oxygens (including phenoxy) is 1. The lowest BCUT2D eigenvalue weighted by Gasteiger charge is -2.08. The summed E-state index contributed by atoms with van der Waals surface area (Å²) in [6.45, 7) is 1.43. The van der Waals surface area contributed by atoms with Crippen molar-refractivity contribution >= 4 is 34.8 Å². The number of rotatable bonds is 6. The Morgan fingerprint density at radius 1 is 0.778 bits per heavy atom. The van der Waals surface area contributed by atoms with Crippen molar-refractivity contribution in [2.45, 2.75) is 13.3 Å². The Hall–Kier alpha value is -3.35. The average molecular weight is 367 g/mol. The molecule has 0 heterocycles. The first kappa shape index (κ1) is 18.4. The zero-order valence-electron chi connectivity index (χ0n) is 15.1. The third kappa shape index (κ3) is 4.84. The van der Waals surface area contributed by atoms with Crippen LogP contribution in [0.4, 0.5) is 17.1 Å². The van der Waals surface area contributed by atoms with Crippen molar-refractivity contribution < 1.29 is 19.1 Å². The van der Waals surface area contributed by atoms with Crippen LogP contribution in [0.3, 0.4) is 0 Å². The fourth-order valence-electron chi connectivity index (χ4n) is 2.76. The molecular formula is C20H21N3O4. The highest BCUT2D eigenvalue weighted by molar-refractivity contribution is 6.03. The van der Waals surface area contributed by atoms with Crippen LogP contribution in [0.25, 0.3) is 0 Å². The number of methoxy groups -OCH3 is 1. The molecule has 27 heavy (non-hydrogen) atoms. The van der Waals surface area contributed by atoms with Crippen molar-refractivity contribution in [2.24, 2.45) is 11.8 Å². The minimum Gasteiger partial charge on any atom is -0.497 e. The summed E-state index contributed by atoms with van der Waals surface area (Å²) in [5.41, 5.74) is 1.94. The highest BCUT2D eigenvalue weighted by Gasteiger charge is 2.48. The average Bonchev–Trinajstić information content (AvgIpc) is 3.45. The summed E-state index contributed by atoms with van der Waals surface area (Å²) in [5.74, 6) is -0.459. The maximum absolute atomic E-state index is 12.3. The first-order valence-electron chi connectivity index (χ1n) is 8.59. The second kappa shape index (κ2) is 7.90. The van der Waals surface area contributed by atoms with Crippen LogP contribution in [-0.2, 0) is 14.4 Å². The fraction of sp³-hybridized carbons (Fsp3) is 0.250. The van der Waals surface area contributed by atoms with Gasteiger partial charge in [0.2, 0.25) is 17.7 Å². The normalized spacial score (nSPS) is 17.6. The molecule has 0 spiro atoms. The van der Waals surface area contributed by atoms with Crippen LogP contribution in [0, 0.1) is 11.8 Å². The quantitative estimate of drug-likeness (QED) is 0.731. The molecule has 1 aliphatic rings. The molecule has 0 aliphatic heterocycles. The van der Waals surface area contributed by atoms with E-state index in [1.165, 1.54) is 6.92 Å². The van der Waals surface area contributed by atoms with Crippen molar-refractivity contribution in [1.29, 1.82) is 0 Å². The molecule has 140 valence electrons. The molecule has 0 radical (unpaired) electrons.